The van der Waals surface area contributed by atoms with Crippen LogP contribution in [0.1, 0.15) is 18.4 Å². The number of benzene rings is 1. The first kappa shape index (κ1) is 11.9. The molecule has 1 heterocycles. The van der Waals surface area contributed by atoms with E-state index < -0.39 is 0 Å². The van der Waals surface area contributed by atoms with Crippen LogP contribution in [-0.2, 0) is 6.42 Å². The molecule has 0 bridgehead atoms. The van der Waals surface area contributed by atoms with Crippen molar-refractivity contribution in [3.8, 4) is 5.75 Å². The normalized spacial score (nSPS) is 20.1. The number of nitrogens with one attached hydrogen (secondary N) is 1. The van der Waals surface area contributed by atoms with Gasteiger partial charge < -0.3 is 10.1 Å². The van der Waals surface area contributed by atoms with Crippen molar-refractivity contribution in [2.45, 2.75) is 25.3 Å². The van der Waals surface area contributed by atoms with Crippen LogP contribution in [0.4, 0.5) is 4.39 Å². The van der Waals surface area contributed by atoms with Gasteiger partial charge in [-0.15, -0.1) is 0 Å². The molecule has 1 aliphatic rings. The first-order chi connectivity index (χ1) is 7.72. The van der Waals surface area contributed by atoms with Gasteiger partial charge in [0.2, 0.25) is 0 Å². The van der Waals surface area contributed by atoms with Gasteiger partial charge in [0.1, 0.15) is 0 Å². The molecule has 0 spiro atoms. The fourth-order valence-corrected chi connectivity index (χ4v) is 2.57. The lowest BCUT2D eigenvalue weighted by molar-refractivity contribution is 0.382. The van der Waals surface area contributed by atoms with Crippen LogP contribution >= 0.6 is 15.9 Å². The summed E-state index contributed by atoms with van der Waals surface area (Å²) in [6, 6.07) is 3.87. The molecule has 0 saturated carbocycles. The molecular formula is C12H15BrFNO. The van der Waals surface area contributed by atoms with E-state index in [0.717, 1.165) is 17.4 Å². The van der Waals surface area contributed by atoms with E-state index >= 15 is 0 Å². The minimum Gasteiger partial charge on any atom is -0.494 e. The average molecular weight is 288 g/mol. The van der Waals surface area contributed by atoms with Gasteiger partial charge in [0.25, 0.3) is 0 Å². The van der Waals surface area contributed by atoms with Gasteiger partial charge >= 0.3 is 0 Å². The van der Waals surface area contributed by atoms with E-state index in [1.165, 1.54) is 13.5 Å². The zero-order valence-electron chi connectivity index (χ0n) is 9.22. The number of methoxy groups -OCH3 is 1. The molecule has 0 amide bonds. The van der Waals surface area contributed by atoms with Crippen molar-refractivity contribution in [1.29, 1.82) is 0 Å². The van der Waals surface area contributed by atoms with Crippen LogP contribution in [0.2, 0.25) is 0 Å². The molecule has 1 unspecified atom stereocenters. The largest absolute Gasteiger partial charge is 0.494 e. The van der Waals surface area contributed by atoms with E-state index in [4.69, 9.17) is 4.74 Å². The van der Waals surface area contributed by atoms with Crippen molar-refractivity contribution in [2.75, 3.05) is 13.7 Å². The quantitative estimate of drug-likeness (QED) is 0.923. The zero-order chi connectivity index (χ0) is 11.5. The van der Waals surface area contributed by atoms with E-state index in [2.05, 4.69) is 21.2 Å². The Morgan fingerprint density at radius 2 is 2.38 bits per heavy atom. The molecule has 0 radical (unpaired) electrons. The monoisotopic (exact) mass is 287 g/mol. The standard InChI is InChI=1S/C12H15BrFNO/c1-16-11-5-4-10(13)9(12(11)14)7-8-3-2-6-15-8/h4-5,8,15H,2-3,6-7H2,1H3. The van der Waals surface area contributed by atoms with Crippen LogP contribution in [-0.4, -0.2) is 19.7 Å². The third-order valence-corrected chi connectivity index (χ3v) is 3.73. The van der Waals surface area contributed by atoms with Gasteiger partial charge in [-0.05, 0) is 37.9 Å². The third-order valence-electron chi connectivity index (χ3n) is 2.98. The molecule has 2 nitrogen and oxygen atoms in total. The van der Waals surface area contributed by atoms with Crippen molar-refractivity contribution in [1.82, 2.24) is 5.32 Å². The fraction of sp³-hybridized carbons (Fsp3) is 0.500. The molecule has 1 fully saturated rings. The molecule has 88 valence electrons. The molecule has 1 saturated heterocycles. The molecule has 0 aromatic heterocycles. The van der Waals surface area contributed by atoms with E-state index in [-0.39, 0.29) is 5.82 Å². The summed E-state index contributed by atoms with van der Waals surface area (Å²) >= 11 is 3.39. The topological polar surface area (TPSA) is 21.3 Å². The smallest absolute Gasteiger partial charge is 0.169 e. The van der Waals surface area contributed by atoms with Gasteiger partial charge in [-0.3, -0.25) is 0 Å². The predicted octanol–water partition coefficient (Wildman–Crippen LogP) is 2.89. The highest BCUT2D eigenvalue weighted by molar-refractivity contribution is 9.10. The molecular weight excluding hydrogens is 273 g/mol. The Bertz CT molecular complexity index is 378. The maximum Gasteiger partial charge on any atom is 0.169 e. The second-order valence-electron chi connectivity index (χ2n) is 4.04. The number of hydrogen-bond acceptors (Lipinski definition) is 2. The second-order valence-corrected chi connectivity index (χ2v) is 4.89. The lowest BCUT2D eigenvalue weighted by Gasteiger charge is -2.14. The van der Waals surface area contributed by atoms with E-state index in [0.29, 0.717) is 23.8 Å². The third kappa shape index (κ3) is 2.38. The average Bonchev–Trinajstić information content (AvgIpc) is 2.77. The molecule has 0 aliphatic carbocycles. The summed E-state index contributed by atoms with van der Waals surface area (Å²) in [7, 11) is 1.49. The van der Waals surface area contributed by atoms with Crippen LogP contribution < -0.4 is 10.1 Å². The van der Waals surface area contributed by atoms with Crippen molar-refractivity contribution in [2.24, 2.45) is 0 Å². The Morgan fingerprint density at radius 1 is 1.56 bits per heavy atom. The molecule has 1 aromatic carbocycles. The highest BCUT2D eigenvalue weighted by atomic mass is 79.9. The number of ether oxygens (including phenoxy) is 1. The molecule has 4 heteroatoms. The molecule has 16 heavy (non-hydrogen) atoms. The van der Waals surface area contributed by atoms with E-state index in [1.807, 2.05) is 6.07 Å². The fourth-order valence-electron chi connectivity index (χ4n) is 2.10. The summed E-state index contributed by atoms with van der Waals surface area (Å²) in [5, 5.41) is 3.37. The predicted molar refractivity (Wildman–Crippen MR) is 65.4 cm³/mol. The van der Waals surface area contributed by atoms with Crippen molar-refractivity contribution in [3.05, 3.63) is 28.0 Å². The van der Waals surface area contributed by atoms with Gasteiger partial charge in [0.05, 0.1) is 7.11 Å². The first-order valence-electron chi connectivity index (χ1n) is 5.46. The summed E-state index contributed by atoms with van der Waals surface area (Å²) in [5.74, 6) is 0.0711. The lowest BCUT2D eigenvalue weighted by atomic mass is 10.0. The summed E-state index contributed by atoms with van der Waals surface area (Å²) in [5.41, 5.74) is 0.707. The highest BCUT2D eigenvalue weighted by Crippen LogP contribution is 2.29. The van der Waals surface area contributed by atoms with Gasteiger partial charge in [0, 0.05) is 16.1 Å². The Kier molecular flexibility index (Phi) is 3.82. The summed E-state index contributed by atoms with van der Waals surface area (Å²) < 4.78 is 19.8. The molecule has 1 N–H and O–H groups in total. The van der Waals surface area contributed by atoms with Crippen LogP contribution in [0.5, 0.6) is 5.75 Å². The van der Waals surface area contributed by atoms with E-state index in [1.54, 1.807) is 6.07 Å². The summed E-state index contributed by atoms with van der Waals surface area (Å²) in [6.45, 7) is 1.04. The van der Waals surface area contributed by atoms with Gasteiger partial charge in [-0.2, -0.15) is 0 Å². The Morgan fingerprint density at radius 3 is 3.00 bits per heavy atom. The van der Waals surface area contributed by atoms with E-state index in [9.17, 15) is 4.39 Å². The second kappa shape index (κ2) is 5.15. The maximum atomic E-state index is 14.0. The minimum absolute atomic E-state index is 0.245. The number of halogens is 2. The van der Waals surface area contributed by atoms with Gasteiger partial charge in [0.15, 0.2) is 11.6 Å². The molecule has 1 atom stereocenters. The van der Waals surface area contributed by atoms with Crippen LogP contribution in [0, 0.1) is 5.82 Å². The van der Waals surface area contributed by atoms with Crippen LogP contribution in [0.3, 0.4) is 0 Å². The lowest BCUT2D eigenvalue weighted by Crippen LogP contribution is -2.24. The molecule has 2 rings (SSSR count). The Hall–Kier alpha value is -0.610. The van der Waals surface area contributed by atoms with Gasteiger partial charge in [-0.1, -0.05) is 15.9 Å². The Labute approximate surface area is 103 Å². The zero-order valence-corrected chi connectivity index (χ0v) is 10.8. The van der Waals surface area contributed by atoms with Gasteiger partial charge in [-0.25, -0.2) is 4.39 Å². The van der Waals surface area contributed by atoms with Crippen LogP contribution in [0.25, 0.3) is 0 Å². The Balaban J connectivity index is 2.23. The number of hydrogen-bond donors (Lipinski definition) is 1. The minimum atomic E-state index is -0.245. The highest BCUT2D eigenvalue weighted by Gasteiger charge is 2.20. The van der Waals surface area contributed by atoms with Crippen LogP contribution in [0.15, 0.2) is 16.6 Å². The summed E-state index contributed by atoms with van der Waals surface area (Å²) in [4.78, 5) is 0. The first-order valence-corrected chi connectivity index (χ1v) is 6.26. The van der Waals surface area contributed by atoms with Crippen molar-refractivity contribution < 1.29 is 9.13 Å². The number of rotatable bonds is 3. The maximum absolute atomic E-state index is 14.0. The molecule has 1 aliphatic heterocycles. The SMILES string of the molecule is COc1ccc(Br)c(CC2CCCN2)c1F. The van der Waals surface area contributed by atoms with Crippen molar-refractivity contribution >= 4 is 15.9 Å². The van der Waals surface area contributed by atoms with Crippen molar-refractivity contribution in [3.63, 3.8) is 0 Å². The molecule has 1 aromatic rings. The summed E-state index contributed by atoms with van der Waals surface area (Å²) in [6.07, 6.45) is 3.00.